The molecule has 6 heteroatoms. The molecule has 0 spiro atoms. The lowest BCUT2D eigenvalue weighted by atomic mass is 10.3. The van der Waals surface area contributed by atoms with Crippen LogP contribution in [0.5, 0.6) is 0 Å². The van der Waals surface area contributed by atoms with Crippen molar-refractivity contribution in [2.24, 2.45) is 0 Å². The molecule has 0 fully saturated rings. The normalized spacial score (nSPS) is 11.2. The van der Waals surface area contributed by atoms with Crippen LogP contribution in [-0.2, 0) is 9.47 Å². The summed E-state index contributed by atoms with van der Waals surface area (Å²) in [5.41, 5.74) is 2.22. The number of ether oxygens (including phenoxy) is 2. The second-order valence-corrected chi connectivity index (χ2v) is 4.21. The molecule has 0 aliphatic rings. The molecule has 0 saturated carbocycles. The molecule has 0 saturated heterocycles. The number of aromatic nitrogens is 2. The van der Waals surface area contributed by atoms with Gasteiger partial charge in [0.2, 0.25) is 0 Å². The molecule has 19 heavy (non-hydrogen) atoms. The number of rotatable bonds is 5. The Morgan fingerprint density at radius 3 is 2.89 bits per heavy atom. The minimum Gasteiger partial charge on any atom is -0.354 e. The molecule has 102 valence electrons. The highest BCUT2D eigenvalue weighted by Gasteiger charge is 2.13. The van der Waals surface area contributed by atoms with E-state index in [1.807, 2.05) is 29.7 Å². The largest absolute Gasteiger partial charge is 0.354 e. The van der Waals surface area contributed by atoms with Crippen LogP contribution in [0.1, 0.15) is 16.1 Å². The zero-order valence-electron chi connectivity index (χ0n) is 11.2. The Labute approximate surface area is 111 Å². The third kappa shape index (κ3) is 3.10. The molecule has 2 aromatic rings. The summed E-state index contributed by atoms with van der Waals surface area (Å²) in [7, 11) is 3.04. The first-order chi connectivity index (χ1) is 9.13. The number of hydrogen-bond acceptors (Lipinski definition) is 4. The summed E-state index contributed by atoms with van der Waals surface area (Å²) in [5, 5.41) is 2.71. The third-order valence-corrected chi connectivity index (χ3v) is 2.80. The molecule has 0 bridgehead atoms. The van der Waals surface area contributed by atoms with E-state index >= 15 is 0 Å². The SMILES string of the molecule is COC(CNC(=O)c1cn2ccc(C)cc2n1)OC. The Morgan fingerprint density at radius 2 is 2.21 bits per heavy atom. The predicted octanol–water partition coefficient (Wildman–Crippen LogP) is 0.991. The Hall–Kier alpha value is -1.92. The van der Waals surface area contributed by atoms with E-state index in [0.717, 1.165) is 11.2 Å². The average molecular weight is 263 g/mol. The highest BCUT2D eigenvalue weighted by molar-refractivity contribution is 5.92. The molecule has 0 unspecified atom stereocenters. The van der Waals surface area contributed by atoms with Gasteiger partial charge in [0.15, 0.2) is 6.29 Å². The predicted molar refractivity (Wildman–Crippen MR) is 70.1 cm³/mol. The molecule has 1 N–H and O–H groups in total. The summed E-state index contributed by atoms with van der Waals surface area (Å²) in [5.74, 6) is -0.250. The van der Waals surface area contributed by atoms with Crippen molar-refractivity contribution >= 4 is 11.6 Å². The number of nitrogens with one attached hydrogen (secondary N) is 1. The number of carbonyl (C=O) groups excluding carboxylic acids is 1. The van der Waals surface area contributed by atoms with Gasteiger partial charge >= 0.3 is 0 Å². The van der Waals surface area contributed by atoms with E-state index in [-0.39, 0.29) is 12.5 Å². The number of fused-ring (bicyclic) bond motifs is 1. The van der Waals surface area contributed by atoms with Gasteiger partial charge in [0.25, 0.3) is 5.91 Å². The molecule has 2 aromatic heterocycles. The smallest absolute Gasteiger partial charge is 0.271 e. The lowest BCUT2D eigenvalue weighted by Gasteiger charge is -2.13. The molecule has 0 atom stereocenters. The first-order valence-corrected chi connectivity index (χ1v) is 5.93. The molecular formula is C13H17N3O3. The van der Waals surface area contributed by atoms with Crippen LogP contribution in [-0.4, -0.2) is 42.3 Å². The molecular weight excluding hydrogens is 246 g/mol. The monoisotopic (exact) mass is 263 g/mol. The van der Waals surface area contributed by atoms with E-state index in [9.17, 15) is 4.79 Å². The molecule has 0 radical (unpaired) electrons. The minimum absolute atomic E-state index is 0.250. The van der Waals surface area contributed by atoms with Crippen molar-refractivity contribution in [2.75, 3.05) is 20.8 Å². The standard InChI is InChI=1S/C13H17N3O3/c1-9-4-5-16-8-10(15-11(16)6-9)13(17)14-7-12(18-2)19-3/h4-6,8,12H,7H2,1-3H3,(H,14,17). The van der Waals surface area contributed by atoms with Crippen molar-refractivity contribution in [3.8, 4) is 0 Å². The van der Waals surface area contributed by atoms with Crippen LogP contribution in [0.4, 0.5) is 0 Å². The van der Waals surface area contributed by atoms with Gasteiger partial charge in [0.1, 0.15) is 11.3 Å². The van der Waals surface area contributed by atoms with E-state index in [4.69, 9.17) is 9.47 Å². The lowest BCUT2D eigenvalue weighted by molar-refractivity contribution is -0.0974. The van der Waals surface area contributed by atoms with Gasteiger partial charge in [0.05, 0.1) is 6.54 Å². The minimum atomic E-state index is -0.455. The fourth-order valence-electron chi connectivity index (χ4n) is 1.72. The van der Waals surface area contributed by atoms with E-state index in [2.05, 4.69) is 10.3 Å². The van der Waals surface area contributed by atoms with Gasteiger partial charge in [0, 0.05) is 26.6 Å². The number of nitrogens with zero attached hydrogens (tertiary/aromatic N) is 2. The van der Waals surface area contributed by atoms with Crippen molar-refractivity contribution in [1.29, 1.82) is 0 Å². The second kappa shape index (κ2) is 5.81. The van der Waals surface area contributed by atoms with E-state index in [1.54, 1.807) is 6.20 Å². The van der Waals surface area contributed by atoms with Gasteiger partial charge in [-0.1, -0.05) is 0 Å². The summed E-state index contributed by atoms with van der Waals surface area (Å²) < 4.78 is 11.8. The van der Waals surface area contributed by atoms with Crippen molar-refractivity contribution in [3.63, 3.8) is 0 Å². The number of aryl methyl sites for hydroxylation is 1. The summed E-state index contributed by atoms with van der Waals surface area (Å²) in [6, 6.07) is 3.88. The van der Waals surface area contributed by atoms with E-state index in [0.29, 0.717) is 5.69 Å². The molecule has 0 aromatic carbocycles. The maximum Gasteiger partial charge on any atom is 0.271 e. The van der Waals surface area contributed by atoms with Crippen LogP contribution in [0.15, 0.2) is 24.5 Å². The van der Waals surface area contributed by atoms with Gasteiger partial charge < -0.3 is 19.2 Å². The number of pyridine rings is 1. The average Bonchev–Trinajstić information content (AvgIpc) is 2.82. The van der Waals surface area contributed by atoms with Crippen LogP contribution in [0.3, 0.4) is 0 Å². The summed E-state index contributed by atoms with van der Waals surface area (Å²) in [6.45, 7) is 2.26. The first kappa shape index (κ1) is 13.5. The number of carbonyl (C=O) groups is 1. The van der Waals surface area contributed by atoms with Crippen molar-refractivity contribution in [3.05, 3.63) is 35.8 Å². The Balaban J connectivity index is 2.09. The first-order valence-electron chi connectivity index (χ1n) is 5.93. The molecule has 0 aliphatic heterocycles. The highest BCUT2D eigenvalue weighted by Crippen LogP contribution is 2.07. The Bertz CT molecular complexity index is 576. The number of amides is 1. The maximum atomic E-state index is 11.9. The highest BCUT2D eigenvalue weighted by atomic mass is 16.7. The Kier molecular flexibility index (Phi) is 4.13. The van der Waals surface area contributed by atoms with Crippen molar-refractivity contribution < 1.29 is 14.3 Å². The molecule has 1 amide bonds. The van der Waals surface area contributed by atoms with Gasteiger partial charge in [-0.05, 0) is 24.6 Å². The fraction of sp³-hybridized carbons (Fsp3) is 0.385. The molecule has 2 rings (SSSR count). The van der Waals surface area contributed by atoms with E-state index in [1.165, 1.54) is 14.2 Å². The zero-order chi connectivity index (χ0) is 13.8. The summed E-state index contributed by atoms with van der Waals surface area (Å²) in [4.78, 5) is 16.2. The summed E-state index contributed by atoms with van der Waals surface area (Å²) in [6.07, 6.45) is 3.11. The van der Waals surface area contributed by atoms with Crippen LogP contribution in [0, 0.1) is 6.92 Å². The van der Waals surface area contributed by atoms with Crippen LogP contribution in [0.2, 0.25) is 0 Å². The van der Waals surface area contributed by atoms with Crippen LogP contribution >= 0.6 is 0 Å². The van der Waals surface area contributed by atoms with E-state index < -0.39 is 6.29 Å². The molecule has 6 nitrogen and oxygen atoms in total. The number of imidazole rings is 1. The third-order valence-electron chi connectivity index (χ3n) is 2.80. The topological polar surface area (TPSA) is 64.9 Å². The second-order valence-electron chi connectivity index (χ2n) is 4.21. The van der Waals surface area contributed by atoms with Crippen molar-refractivity contribution in [1.82, 2.24) is 14.7 Å². The molecule has 2 heterocycles. The fourth-order valence-corrected chi connectivity index (χ4v) is 1.72. The maximum absolute atomic E-state index is 11.9. The van der Waals surface area contributed by atoms with Gasteiger partial charge in [-0.2, -0.15) is 0 Å². The number of methoxy groups -OCH3 is 2. The zero-order valence-corrected chi connectivity index (χ0v) is 11.2. The number of hydrogen-bond donors (Lipinski definition) is 1. The molecule has 0 aliphatic carbocycles. The van der Waals surface area contributed by atoms with Gasteiger partial charge in [-0.25, -0.2) is 4.98 Å². The quantitative estimate of drug-likeness (QED) is 0.817. The Morgan fingerprint density at radius 1 is 1.47 bits per heavy atom. The lowest BCUT2D eigenvalue weighted by Crippen LogP contribution is -2.34. The summed E-state index contributed by atoms with van der Waals surface area (Å²) >= 11 is 0. The van der Waals surface area contributed by atoms with Crippen molar-refractivity contribution in [2.45, 2.75) is 13.2 Å². The van der Waals surface area contributed by atoms with Gasteiger partial charge in [-0.15, -0.1) is 0 Å². The van der Waals surface area contributed by atoms with Crippen LogP contribution in [0.25, 0.3) is 5.65 Å². The van der Waals surface area contributed by atoms with Crippen LogP contribution < -0.4 is 5.32 Å². The van der Waals surface area contributed by atoms with Gasteiger partial charge in [-0.3, -0.25) is 4.79 Å².